The Kier molecular flexibility index (Phi) is 4.47. The standard InChI is InChI=1S/C20H24N6O/c1-2-4-15(5-3-1)13-25-10-11-27-17(14-25)12-22-18-20-24-23-19(16-6-7-16)26(20)9-8-21-18/h1-5,8-9,16-17H,6-7,10-14H2,(H,21,22). The van der Waals surface area contributed by atoms with Crippen LogP contribution in [0.2, 0.25) is 0 Å². The summed E-state index contributed by atoms with van der Waals surface area (Å²) in [5.74, 6) is 2.39. The van der Waals surface area contributed by atoms with Gasteiger partial charge in [0, 0.05) is 44.5 Å². The molecule has 0 bridgehead atoms. The van der Waals surface area contributed by atoms with Gasteiger partial charge >= 0.3 is 0 Å². The number of benzene rings is 1. The van der Waals surface area contributed by atoms with Crippen molar-refractivity contribution in [1.29, 1.82) is 0 Å². The third-order valence-electron chi connectivity index (χ3n) is 5.26. The number of anilines is 1. The van der Waals surface area contributed by atoms with Crippen LogP contribution in [0.1, 0.15) is 30.1 Å². The smallest absolute Gasteiger partial charge is 0.203 e. The number of nitrogens with zero attached hydrogens (tertiary/aromatic N) is 5. The maximum Gasteiger partial charge on any atom is 0.203 e. The van der Waals surface area contributed by atoms with Crippen LogP contribution in [0, 0.1) is 0 Å². The van der Waals surface area contributed by atoms with Crippen LogP contribution in [-0.4, -0.2) is 56.8 Å². The van der Waals surface area contributed by atoms with E-state index >= 15 is 0 Å². The fourth-order valence-electron chi connectivity index (χ4n) is 3.69. The molecule has 140 valence electrons. The van der Waals surface area contributed by atoms with E-state index in [0.717, 1.165) is 43.5 Å². The van der Waals surface area contributed by atoms with Crippen molar-refractivity contribution in [3.05, 3.63) is 54.1 Å². The molecule has 27 heavy (non-hydrogen) atoms. The lowest BCUT2D eigenvalue weighted by Crippen LogP contribution is -2.44. The number of rotatable bonds is 6. The molecule has 0 spiro atoms. The summed E-state index contributed by atoms with van der Waals surface area (Å²) in [7, 11) is 0. The van der Waals surface area contributed by atoms with Crippen molar-refractivity contribution in [1.82, 2.24) is 24.5 Å². The zero-order chi connectivity index (χ0) is 18.1. The van der Waals surface area contributed by atoms with Gasteiger partial charge < -0.3 is 10.1 Å². The Morgan fingerprint density at radius 1 is 1.15 bits per heavy atom. The first-order valence-corrected chi connectivity index (χ1v) is 9.68. The Bertz CT molecular complexity index is 907. The van der Waals surface area contributed by atoms with Gasteiger partial charge in [-0.15, -0.1) is 10.2 Å². The summed E-state index contributed by atoms with van der Waals surface area (Å²) >= 11 is 0. The molecule has 7 heteroatoms. The van der Waals surface area contributed by atoms with E-state index in [1.54, 1.807) is 0 Å². The molecule has 1 unspecified atom stereocenters. The number of morpholine rings is 1. The zero-order valence-corrected chi connectivity index (χ0v) is 15.3. The van der Waals surface area contributed by atoms with Gasteiger partial charge in [-0.05, 0) is 18.4 Å². The van der Waals surface area contributed by atoms with Crippen molar-refractivity contribution in [3.63, 3.8) is 0 Å². The molecule has 0 radical (unpaired) electrons. The second kappa shape index (κ2) is 7.25. The van der Waals surface area contributed by atoms with Crippen molar-refractivity contribution in [2.75, 3.05) is 31.6 Å². The Morgan fingerprint density at radius 2 is 2.04 bits per heavy atom. The van der Waals surface area contributed by atoms with Crippen LogP contribution in [0.3, 0.4) is 0 Å². The van der Waals surface area contributed by atoms with Gasteiger partial charge in [0.25, 0.3) is 0 Å². The second-order valence-corrected chi connectivity index (χ2v) is 7.40. The predicted molar refractivity (Wildman–Crippen MR) is 103 cm³/mol. The highest BCUT2D eigenvalue weighted by Gasteiger charge is 2.29. The van der Waals surface area contributed by atoms with Gasteiger partial charge in [-0.25, -0.2) is 4.98 Å². The van der Waals surface area contributed by atoms with Crippen molar-refractivity contribution in [2.45, 2.75) is 31.4 Å². The van der Waals surface area contributed by atoms with E-state index in [1.807, 2.05) is 12.4 Å². The average molecular weight is 364 g/mol. The molecular formula is C20H24N6O. The number of nitrogens with one attached hydrogen (secondary N) is 1. The fourth-order valence-corrected chi connectivity index (χ4v) is 3.69. The normalized spacial score (nSPS) is 20.8. The van der Waals surface area contributed by atoms with E-state index in [9.17, 15) is 0 Å². The van der Waals surface area contributed by atoms with Crippen molar-refractivity contribution >= 4 is 11.5 Å². The quantitative estimate of drug-likeness (QED) is 0.724. The fraction of sp³-hybridized carbons (Fsp3) is 0.450. The molecule has 3 aromatic rings. The average Bonchev–Trinajstić information content (AvgIpc) is 3.46. The van der Waals surface area contributed by atoms with Crippen LogP contribution in [-0.2, 0) is 11.3 Å². The SMILES string of the molecule is c1ccc(CN2CCOC(CNc3nccn4c(C5CC5)nnc34)C2)cc1. The highest BCUT2D eigenvalue weighted by Crippen LogP contribution is 2.39. The summed E-state index contributed by atoms with van der Waals surface area (Å²) in [4.78, 5) is 6.91. The van der Waals surface area contributed by atoms with E-state index < -0.39 is 0 Å². The molecule has 7 nitrogen and oxygen atoms in total. The van der Waals surface area contributed by atoms with Crippen LogP contribution in [0.5, 0.6) is 0 Å². The third-order valence-corrected chi connectivity index (χ3v) is 5.26. The summed E-state index contributed by atoms with van der Waals surface area (Å²) in [6.45, 7) is 4.31. The molecule has 2 aromatic heterocycles. The lowest BCUT2D eigenvalue weighted by atomic mass is 10.2. The maximum absolute atomic E-state index is 5.96. The zero-order valence-electron chi connectivity index (χ0n) is 15.3. The molecule has 1 aromatic carbocycles. The predicted octanol–water partition coefficient (Wildman–Crippen LogP) is 2.31. The van der Waals surface area contributed by atoms with Gasteiger partial charge in [0.15, 0.2) is 5.82 Å². The van der Waals surface area contributed by atoms with Gasteiger partial charge in [0.1, 0.15) is 5.82 Å². The maximum atomic E-state index is 5.96. The first kappa shape index (κ1) is 16.6. The summed E-state index contributed by atoms with van der Waals surface area (Å²) in [6.07, 6.45) is 6.31. The van der Waals surface area contributed by atoms with Gasteiger partial charge in [-0.1, -0.05) is 30.3 Å². The van der Waals surface area contributed by atoms with Crippen LogP contribution in [0.25, 0.3) is 5.65 Å². The van der Waals surface area contributed by atoms with E-state index in [0.29, 0.717) is 12.5 Å². The molecule has 1 aliphatic heterocycles. The van der Waals surface area contributed by atoms with Crippen LogP contribution in [0.4, 0.5) is 5.82 Å². The topological polar surface area (TPSA) is 67.6 Å². The lowest BCUT2D eigenvalue weighted by Gasteiger charge is -2.33. The lowest BCUT2D eigenvalue weighted by molar-refractivity contribution is -0.0240. The van der Waals surface area contributed by atoms with Crippen LogP contribution >= 0.6 is 0 Å². The van der Waals surface area contributed by atoms with Crippen molar-refractivity contribution < 1.29 is 4.74 Å². The third kappa shape index (κ3) is 3.65. The molecule has 1 aliphatic carbocycles. The Labute approximate surface area is 158 Å². The molecule has 0 amide bonds. The second-order valence-electron chi connectivity index (χ2n) is 7.40. The highest BCUT2D eigenvalue weighted by atomic mass is 16.5. The van der Waals surface area contributed by atoms with E-state index in [2.05, 4.69) is 60.1 Å². The molecule has 2 aliphatic rings. The van der Waals surface area contributed by atoms with E-state index in [-0.39, 0.29) is 6.10 Å². The van der Waals surface area contributed by atoms with E-state index in [4.69, 9.17) is 4.74 Å². The largest absolute Gasteiger partial charge is 0.374 e. The van der Waals surface area contributed by atoms with E-state index in [1.165, 1.54) is 18.4 Å². The number of fused-ring (bicyclic) bond motifs is 1. The molecular weight excluding hydrogens is 340 g/mol. The van der Waals surface area contributed by atoms with Gasteiger partial charge in [-0.3, -0.25) is 9.30 Å². The molecule has 3 heterocycles. The number of ether oxygens (including phenoxy) is 1. The van der Waals surface area contributed by atoms with Crippen LogP contribution < -0.4 is 5.32 Å². The first-order chi connectivity index (χ1) is 13.4. The molecule has 1 atom stereocenters. The summed E-state index contributed by atoms with van der Waals surface area (Å²) in [5.41, 5.74) is 2.14. The highest BCUT2D eigenvalue weighted by molar-refractivity contribution is 5.62. The summed E-state index contributed by atoms with van der Waals surface area (Å²) in [5, 5.41) is 12.1. The molecule has 1 saturated heterocycles. The van der Waals surface area contributed by atoms with Crippen molar-refractivity contribution in [2.24, 2.45) is 0 Å². The minimum Gasteiger partial charge on any atom is -0.374 e. The monoisotopic (exact) mass is 364 g/mol. The Morgan fingerprint density at radius 3 is 2.89 bits per heavy atom. The van der Waals surface area contributed by atoms with Crippen molar-refractivity contribution in [3.8, 4) is 0 Å². The Balaban J connectivity index is 1.23. The van der Waals surface area contributed by atoms with Gasteiger partial charge in [0.05, 0.1) is 12.7 Å². The molecule has 1 saturated carbocycles. The summed E-state index contributed by atoms with van der Waals surface area (Å²) < 4.78 is 8.02. The van der Waals surface area contributed by atoms with Gasteiger partial charge in [-0.2, -0.15) is 0 Å². The number of aromatic nitrogens is 4. The Hall–Kier alpha value is -2.51. The minimum absolute atomic E-state index is 0.135. The number of hydrogen-bond acceptors (Lipinski definition) is 6. The molecule has 5 rings (SSSR count). The van der Waals surface area contributed by atoms with Crippen LogP contribution in [0.15, 0.2) is 42.7 Å². The first-order valence-electron chi connectivity index (χ1n) is 9.68. The molecule has 1 N–H and O–H groups in total. The minimum atomic E-state index is 0.135. The van der Waals surface area contributed by atoms with Gasteiger partial charge in [0.2, 0.25) is 5.65 Å². The summed E-state index contributed by atoms with van der Waals surface area (Å²) in [6, 6.07) is 10.6. The number of hydrogen-bond donors (Lipinski definition) is 1. The molecule has 2 fully saturated rings.